The summed E-state index contributed by atoms with van der Waals surface area (Å²) in [6.07, 6.45) is 16.1. The summed E-state index contributed by atoms with van der Waals surface area (Å²) in [5.74, 6) is 5.51. The Balaban J connectivity index is 1.47. The molecule has 1 nitrogen and oxygen atoms in total. The third-order valence-electron chi connectivity index (χ3n) is 10.7. The lowest BCUT2D eigenvalue weighted by Crippen LogP contribution is -2.54. The van der Waals surface area contributed by atoms with Crippen LogP contribution < -0.4 is 0 Å². The van der Waals surface area contributed by atoms with Crippen molar-refractivity contribution in [1.29, 1.82) is 0 Å². The third kappa shape index (κ3) is 3.42. The Kier molecular flexibility index (Phi) is 5.80. The second-order valence-corrected chi connectivity index (χ2v) is 12.1. The minimum absolute atomic E-state index is 0.0144. The topological polar surface area (TPSA) is 20.2 Å². The fourth-order valence-electron chi connectivity index (χ4n) is 9.14. The number of aliphatic hydroxyl groups excluding tert-OH is 1. The van der Waals surface area contributed by atoms with E-state index < -0.39 is 0 Å². The normalized spacial score (nSPS) is 49.0. The zero-order chi connectivity index (χ0) is 20.1. The van der Waals surface area contributed by atoms with Gasteiger partial charge in [0.05, 0.1) is 6.10 Å². The highest BCUT2D eigenvalue weighted by Gasteiger charge is 2.60. The molecule has 1 N–H and O–H groups in total. The maximum Gasteiger partial charge on any atom is 0.0543 e. The molecule has 0 aromatic carbocycles. The highest BCUT2D eigenvalue weighted by atomic mass is 16.3. The van der Waals surface area contributed by atoms with Crippen LogP contribution in [0.25, 0.3) is 0 Å². The second-order valence-electron chi connectivity index (χ2n) is 12.1. The van der Waals surface area contributed by atoms with Crippen molar-refractivity contribution in [3.8, 4) is 0 Å². The first-order valence-electron chi connectivity index (χ1n) is 12.6. The lowest BCUT2D eigenvalue weighted by Gasteiger charge is -2.61. The molecule has 160 valence electrons. The van der Waals surface area contributed by atoms with Crippen molar-refractivity contribution in [1.82, 2.24) is 0 Å². The van der Waals surface area contributed by atoms with E-state index in [9.17, 15) is 5.11 Å². The van der Waals surface area contributed by atoms with Gasteiger partial charge in [-0.1, -0.05) is 32.8 Å². The number of fused-ring (bicyclic) bond motifs is 5. The summed E-state index contributed by atoms with van der Waals surface area (Å²) in [7, 11) is 0. The van der Waals surface area contributed by atoms with Crippen molar-refractivity contribution in [3.63, 3.8) is 0 Å². The number of rotatable bonds is 5. The molecule has 0 bridgehead atoms. The summed E-state index contributed by atoms with van der Waals surface area (Å²) in [5, 5.41) is 10.2. The van der Waals surface area contributed by atoms with Gasteiger partial charge in [-0.2, -0.15) is 0 Å². The van der Waals surface area contributed by atoms with Gasteiger partial charge in [-0.15, -0.1) is 6.58 Å². The van der Waals surface area contributed by atoms with Crippen LogP contribution in [-0.2, 0) is 0 Å². The van der Waals surface area contributed by atoms with Gasteiger partial charge < -0.3 is 5.11 Å². The van der Waals surface area contributed by atoms with Crippen LogP contribution in [-0.4, -0.2) is 11.2 Å². The summed E-state index contributed by atoms with van der Waals surface area (Å²) >= 11 is 0. The fourth-order valence-corrected chi connectivity index (χ4v) is 9.14. The van der Waals surface area contributed by atoms with Crippen LogP contribution in [0.4, 0.5) is 0 Å². The van der Waals surface area contributed by atoms with E-state index >= 15 is 0 Å². The van der Waals surface area contributed by atoms with Gasteiger partial charge in [0.1, 0.15) is 0 Å². The van der Waals surface area contributed by atoms with Gasteiger partial charge in [-0.05, 0) is 124 Å². The van der Waals surface area contributed by atoms with Crippen LogP contribution in [0.3, 0.4) is 0 Å². The first-order valence-corrected chi connectivity index (χ1v) is 12.6. The standard InChI is InChI=1S/C27H46O/c1-18(2)7-6-8-19(3)23-11-12-24-22-10-9-20-17-21(28)13-15-26(20,4)25(22)14-16-27(23,24)5/h19-25,28H,1,6-17H2,2-5H3/t19-,20-,21-,22+,23-,24+,25+,26+,27-/m1/s1. The van der Waals surface area contributed by atoms with Crippen molar-refractivity contribution in [2.45, 2.75) is 111 Å². The molecular formula is C27H46O. The Bertz CT molecular complexity index is 581. The molecule has 9 atom stereocenters. The van der Waals surface area contributed by atoms with Gasteiger partial charge in [-0.3, -0.25) is 0 Å². The van der Waals surface area contributed by atoms with E-state index in [1.807, 2.05) is 0 Å². The zero-order valence-corrected chi connectivity index (χ0v) is 19.2. The van der Waals surface area contributed by atoms with Crippen molar-refractivity contribution in [2.75, 3.05) is 0 Å². The van der Waals surface area contributed by atoms with E-state index in [1.54, 1.807) is 0 Å². The predicted octanol–water partition coefficient (Wildman–Crippen LogP) is 7.39. The summed E-state index contributed by atoms with van der Waals surface area (Å²) in [5.41, 5.74) is 2.47. The van der Waals surface area contributed by atoms with Crippen LogP contribution in [0.1, 0.15) is 105 Å². The van der Waals surface area contributed by atoms with E-state index in [4.69, 9.17) is 0 Å². The molecule has 0 radical (unpaired) electrons. The van der Waals surface area contributed by atoms with Gasteiger partial charge in [0.25, 0.3) is 0 Å². The SMILES string of the molecule is C=C(C)CCC[C@@H](C)[C@H]1CC[C@H]2[C@@H]3CC[C@@H]4C[C@H](O)CC[C@]4(C)[C@H]3CC[C@]12C. The van der Waals surface area contributed by atoms with E-state index in [0.717, 1.165) is 48.3 Å². The molecule has 4 fully saturated rings. The molecule has 4 saturated carbocycles. The first kappa shape index (κ1) is 21.0. The van der Waals surface area contributed by atoms with Gasteiger partial charge >= 0.3 is 0 Å². The maximum absolute atomic E-state index is 10.2. The predicted molar refractivity (Wildman–Crippen MR) is 119 cm³/mol. The first-order chi connectivity index (χ1) is 13.3. The number of aliphatic hydroxyl groups is 1. The van der Waals surface area contributed by atoms with Crippen molar-refractivity contribution in [3.05, 3.63) is 12.2 Å². The van der Waals surface area contributed by atoms with Crippen molar-refractivity contribution in [2.24, 2.45) is 46.3 Å². The monoisotopic (exact) mass is 386 g/mol. The number of hydrogen-bond donors (Lipinski definition) is 1. The third-order valence-corrected chi connectivity index (χ3v) is 10.7. The number of hydrogen-bond acceptors (Lipinski definition) is 1. The molecular weight excluding hydrogens is 340 g/mol. The average molecular weight is 387 g/mol. The van der Waals surface area contributed by atoms with E-state index in [0.29, 0.717) is 10.8 Å². The lowest BCUT2D eigenvalue weighted by atomic mass is 9.44. The van der Waals surface area contributed by atoms with Crippen LogP contribution >= 0.6 is 0 Å². The molecule has 0 heterocycles. The Morgan fingerprint density at radius 3 is 2.46 bits per heavy atom. The van der Waals surface area contributed by atoms with Gasteiger partial charge in [0, 0.05) is 0 Å². The Morgan fingerprint density at radius 2 is 1.71 bits per heavy atom. The molecule has 0 saturated heterocycles. The quantitative estimate of drug-likeness (QED) is 0.488. The van der Waals surface area contributed by atoms with Gasteiger partial charge in [-0.25, -0.2) is 0 Å². The molecule has 4 aliphatic rings. The van der Waals surface area contributed by atoms with Crippen LogP contribution in [0.2, 0.25) is 0 Å². The lowest BCUT2D eigenvalue weighted by molar-refractivity contribution is -0.129. The highest BCUT2D eigenvalue weighted by Crippen LogP contribution is 2.68. The molecule has 4 rings (SSSR count). The molecule has 0 aromatic rings. The Labute approximate surface area is 174 Å². The zero-order valence-electron chi connectivity index (χ0n) is 19.2. The summed E-state index contributed by atoms with van der Waals surface area (Å²) in [6.45, 7) is 14.2. The van der Waals surface area contributed by atoms with E-state index in [2.05, 4.69) is 34.3 Å². The molecule has 0 aromatic heterocycles. The minimum Gasteiger partial charge on any atom is -0.393 e. The molecule has 0 spiro atoms. The second kappa shape index (κ2) is 7.75. The van der Waals surface area contributed by atoms with Gasteiger partial charge in [0.2, 0.25) is 0 Å². The van der Waals surface area contributed by atoms with Gasteiger partial charge in [0.15, 0.2) is 0 Å². The number of allylic oxidation sites excluding steroid dienone is 1. The largest absolute Gasteiger partial charge is 0.393 e. The van der Waals surface area contributed by atoms with Crippen LogP contribution in [0, 0.1) is 46.3 Å². The average Bonchev–Trinajstić information content (AvgIpc) is 2.99. The van der Waals surface area contributed by atoms with Crippen LogP contribution in [0.5, 0.6) is 0 Å². The maximum atomic E-state index is 10.2. The Hall–Kier alpha value is -0.300. The smallest absolute Gasteiger partial charge is 0.0543 e. The fraction of sp³-hybridized carbons (Fsp3) is 0.926. The molecule has 0 amide bonds. The summed E-state index contributed by atoms with van der Waals surface area (Å²) in [6, 6.07) is 0. The molecule has 1 heteroatoms. The minimum atomic E-state index is -0.0144. The van der Waals surface area contributed by atoms with Crippen LogP contribution in [0.15, 0.2) is 12.2 Å². The molecule has 0 aliphatic heterocycles. The molecule has 28 heavy (non-hydrogen) atoms. The summed E-state index contributed by atoms with van der Waals surface area (Å²) in [4.78, 5) is 0. The highest BCUT2D eigenvalue weighted by molar-refractivity contribution is 5.09. The summed E-state index contributed by atoms with van der Waals surface area (Å²) < 4.78 is 0. The van der Waals surface area contributed by atoms with Crippen molar-refractivity contribution < 1.29 is 5.11 Å². The van der Waals surface area contributed by atoms with E-state index in [1.165, 1.54) is 69.8 Å². The van der Waals surface area contributed by atoms with Crippen molar-refractivity contribution >= 4 is 0 Å². The van der Waals surface area contributed by atoms with E-state index in [-0.39, 0.29) is 6.10 Å². The molecule has 0 unspecified atom stereocenters. The molecule has 4 aliphatic carbocycles. The Morgan fingerprint density at radius 1 is 1.00 bits per heavy atom.